The summed E-state index contributed by atoms with van der Waals surface area (Å²) in [5.41, 5.74) is 4.06. The Kier molecular flexibility index (Phi) is 4.95. The fourth-order valence-electron chi connectivity index (χ4n) is 2.84. The summed E-state index contributed by atoms with van der Waals surface area (Å²) in [7, 11) is -3.74. The molecule has 26 heavy (non-hydrogen) atoms. The molecule has 0 atom stereocenters. The van der Waals surface area contributed by atoms with Gasteiger partial charge in [-0.3, -0.25) is 0 Å². The molecular formula is C20H21ClN2O2S. The van der Waals surface area contributed by atoms with Gasteiger partial charge >= 0.3 is 0 Å². The van der Waals surface area contributed by atoms with Crippen LogP contribution in [0.5, 0.6) is 0 Å². The van der Waals surface area contributed by atoms with E-state index in [-0.39, 0.29) is 4.91 Å². The highest BCUT2D eigenvalue weighted by atomic mass is 35.5. The van der Waals surface area contributed by atoms with Crippen molar-refractivity contribution in [3.8, 4) is 0 Å². The van der Waals surface area contributed by atoms with Crippen LogP contribution in [-0.4, -0.2) is 14.3 Å². The lowest BCUT2D eigenvalue weighted by molar-refractivity contribution is 0.608. The Morgan fingerprint density at radius 1 is 1.04 bits per heavy atom. The molecule has 2 aromatic carbocycles. The van der Waals surface area contributed by atoms with Gasteiger partial charge in [0.15, 0.2) is 0 Å². The molecule has 3 rings (SSSR count). The molecule has 4 nitrogen and oxygen atoms in total. The molecule has 0 aliphatic carbocycles. The van der Waals surface area contributed by atoms with Crippen molar-refractivity contribution in [3.05, 3.63) is 69.8 Å². The Labute approximate surface area is 159 Å². The normalized spacial score (nSPS) is 16.2. The number of nitrogens with zero attached hydrogens (tertiary/aromatic N) is 1. The number of sulfonamides is 1. The van der Waals surface area contributed by atoms with Gasteiger partial charge in [-0.1, -0.05) is 55.8 Å². The van der Waals surface area contributed by atoms with E-state index in [1.807, 2.05) is 43.3 Å². The Hall–Kier alpha value is -2.11. The number of nitrogens with one attached hydrogen (secondary N) is 1. The number of halogens is 1. The zero-order valence-corrected chi connectivity index (χ0v) is 16.7. The fourth-order valence-corrected chi connectivity index (χ4v) is 4.46. The molecule has 0 amide bonds. The first-order chi connectivity index (χ1) is 12.2. The van der Waals surface area contributed by atoms with Crippen molar-refractivity contribution in [2.75, 3.05) is 5.32 Å². The lowest BCUT2D eigenvalue weighted by Crippen LogP contribution is -2.11. The summed E-state index contributed by atoms with van der Waals surface area (Å²) in [6, 6.07) is 13.1. The molecule has 0 spiro atoms. The predicted octanol–water partition coefficient (Wildman–Crippen LogP) is 5.36. The van der Waals surface area contributed by atoms with Crippen LogP contribution in [0, 0.1) is 6.92 Å². The highest BCUT2D eigenvalue weighted by Crippen LogP contribution is 2.34. The molecule has 1 aliphatic rings. The number of amidine groups is 1. The molecule has 6 heteroatoms. The van der Waals surface area contributed by atoms with Crippen molar-refractivity contribution in [3.63, 3.8) is 0 Å². The third-order valence-corrected chi connectivity index (χ3v) is 6.33. The van der Waals surface area contributed by atoms with Gasteiger partial charge in [0, 0.05) is 16.3 Å². The molecule has 0 saturated carbocycles. The topological polar surface area (TPSA) is 58.5 Å². The van der Waals surface area contributed by atoms with Gasteiger partial charge in [-0.05, 0) is 48.6 Å². The van der Waals surface area contributed by atoms with Gasteiger partial charge in [0.2, 0.25) is 0 Å². The molecule has 0 unspecified atom stereocenters. The molecule has 0 fully saturated rings. The zero-order chi connectivity index (χ0) is 19.1. The molecule has 136 valence electrons. The fraction of sp³-hybridized carbons (Fsp3) is 0.250. The van der Waals surface area contributed by atoms with Crippen LogP contribution in [0.1, 0.15) is 43.4 Å². The number of hydrogen-bond donors (Lipinski definition) is 1. The summed E-state index contributed by atoms with van der Waals surface area (Å²) in [6.07, 6.45) is 0. The zero-order valence-electron chi connectivity index (χ0n) is 15.2. The molecule has 1 heterocycles. The van der Waals surface area contributed by atoms with Crippen LogP contribution in [0.15, 0.2) is 52.4 Å². The highest BCUT2D eigenvalue weighted by molar-refractivity contribution is 8.00. The van der Waals surface area contributed by atoms with E-state index in [1.165, 1.54) is 0 Å². The minimum atomic E-state index is -3.74. The molecule has 0 radical (unpaired) electrons. The minimum absolute atomic E-state index is 0.244. The number of rotatable bonds is 3. The summed E-state index contributed by atoms with van der Waals surface area (Å²) in [5.74, 6) is 0.715. The number of aryl methyl sites for hydroxylation is 1. The molecule has 0 aromatic heterocycles. The number of hydrogen-bond acceptors (Lipinski definition) is 3. The van der Waals surface area contributed by atoms with Gasteiger partial charge in [0.1, 0.15) is 10.7 Å². The lowest BCUT2D eigenvalue weighted by atomic mass is 10.0. The van der Waals surface area contributed by atoms with Crippen LogP contribution in [-0.2, 0) is 10.0 Å². The predicted molar refractivity (Wildman–Crippen MR) is 109 cm³/mol. The third-order valence-electron chi connectivity index (χ3n) is 4.44. The van der Waals surface area contributed by atoms with Crippen LogP contribution in [0.4, 0.5) is 5.69 Å². The van der Waals surface area contributed by atoms with E-state index in [4.69, 9.17) is 11.6 Å². The van der Waals surface area contributed by atoms with E-state index >= 15 is 0 Å². The third kappa shape index (κ3) is 3.55. The summed E-state index contributed by atoms with van der Waals surface area (Å²) in [6.45, 7) is 7.87. The van der Waals surface area contributed by atoms with E-state index in [0.29, 0.717) is 33.6 Å². The van der Waals surface area contributed by atoms with Crippen LogP contribution in [0.3, 0.4) is 0 Å². The van der Waals surface area contributed by atoms with Crippen molar-refractivity contribution >= 4 is 38.1 Å². The Bertz CT molecular complexity index is 1020. The van der Waals surface area contributed by atoms with E-state index in [2.05, 4.69) is 23.6 Å². The summed E-state index contributed by atoms with van der Waals surface area (Å²) >= 11 is 6.15. The second kappa shape index (κ2) is 6.89. The maximum absolute atomic E-state index is 12.6. The molecule has 1 aliphatic heterocycles. The van der Waals surface area contributed by atoms with Crippen LogP contribution in [0.25, 0.3) is 4.91 Å². The minimum Gasteiger partial charge on any atom is -0.339 e. The van der Waals surface area contributed by atoms with Gasteiger partial charge in [-0.25, -0.2) is 0 Å². The number of benzene rings is 2. The average molecular weight is 389 g/mol. The smallest absolute Gasteiger partial charge is 0.285 e. The Morgan fingerprint density at radius 2 is 1.69 bits per heavy atom. The first-order valence-corrected chi connectivity index (χ1v) is 10.2. The quantitative estimate of drug-likeness (QED) is 0.770. The Balaban J connectivity index is 1.97. The molecule has 0 saturated heterocycles. The van der Waals surface area contributed by atoms with Crippen LogP contribution >= 0.6 is 11.6 Å². The Morgan fingerprint density at radius 3 is 2.27 bits per heavy atom. The van der Waals surface area contributed by atoms with Crippen molar-refractivity contribution < 1.29 is 8.42 Å². The molecule has 0 bridgehead atoms. The number of anilines is 1. The largest absolute Gasteiger partial charge is 0.339 e. The first-order valence-electron chi connectivity index (χ1n) is 8.39. The lowest BCUT2D eigenvalue weighted by Gasteiger charge is -2.09. The van der Waals surface area contributed by atoms with E-state index in [9.17, 15) is 8.42 Å². The monoisotopic (exact) mass is 388 g/mol. The van der Waals surface area contributed by atoms with Crippen molar-refractivity contribution in [1.82, 2.24) is 0 Å². The second-order valence-corrected chi connectivity index (χ2v) is 8.68. The van der Waals surface area contributed by atoms with Gasteiger partial charge in [-0.2, -0.15) is 8.42 Å². The van der Waals surface area contributed by atoms with E-state index < -0.39 is 10.0 Å². The van der Waals surface area contributed by atoms with Crippen LogP contribution < -0.4 is 5.32 Å². The van der Waals surface area contributed by atoms with Gasteiger partial charge in [0.25, 0.3) is 10.0 Å². The van der Waals surface area contributed by atoms with E-state index in [1.54, 1.807) is 13.0 Å². The van der Waals surface area contributed by atoms with Gasteiger partial charge < -0.3 is 5.32 Å². The SMILES string of the molecule is CC1=C(c2ccc(C(C)C)cc2)S(=O)(=O)N=C1Nc1ccc(C)c(Cl)c1. The summed E-state index contributed by atoms with van der Waals surface area (Å²) in [4.78, 5) is 0.244. The summed E-state index contributed by atoms with van der Waals surface area (Å²) < 4.78 is 29.1. The van der Waals surface area contributed by atoms with Crippen LogP contribution in [0.2, 0.25) is 5.02 Å². The first kappa shape index (κ1) is 18.7. The van der Waals surface area contributed by atoms with Crippen molar-refractivity contribution in [1.29, 1.82) is 0 Å². The maximum atomic E-state index is 12.6. The molecule has 2 aromatic rings. The van der Waals surface area contributed by atoms with E-state index in [0.717, 1.165) is 11.1 Å². The van der Waals surface area contributed by atoms with Crippen molar-refractivity contribution in [2.24, 2.45) is 4.40 Å². The second-order valence-electron chi connectivity index (χ2n) is 6.73. The average Bonchev–Trinajstić information content (AvgIpc) is 2.80. The van der Waals surface area contributed by atoms with Gasteiger partial charge in [-0.15, -0.1) is 4.40 Å². The van der Waals surface area contributed by atoms with Crippen molar-refractivity contribution in [2.45, 2.75) is 33.6 Å². The molecular weight excluding hydrogens is 368 g/mol. The highest BCUT2D eigenvalue weighted by Gasteiger charge is 2.31. The standard InChI is InChI=1S/C20H21ClN2O2S/c1-12(2)15-6-8-16(9-7-15)19-14(4)20(23-26(19,24)25)22-17-10-5-13(3)18(21)11-17/h5-12H,1-4H3,(H,22,23). The maximum Gasteiger partial charge on any atom is 0.285 e. The molecule has 1 N–H and O–H groups in total. The van der Waals surface area contributed by atoms with Gasteiger partial charge in [0.05, 0.1) is 0 Å². The summed E-state index contributed by atoms with van der Waals surface area (Å²) in [5, 5.41) is 3.69.